The van der Waals surface area contributed by atoms with E-state index < -0.39 is 18.9 Å². The first-order valence-corrected chi connectivity index (χ1v) is 15.6. The number of Topliss-reactive ketones (excluding diaryl/α,β-unsaturated/α-hetero) is 1. The van der Waals surface area contributed by atoms with E-state index in [1.807, 2.05) is 54.6 Å². The van der Waals surface area contributed by atoms with Gasteiger partial charge in [0.05, 0.1) is 17.1 Å². The van der Waals surface area contributed by atoms with Crippen molar-refractivity contribution in [2.75, 3.05) is 0 Å². The van der Waals surface area contributed by atoms with Crippen LogP contribution in [0.15, 0.2) is 140 Å². The Morgan fingerprint density at radius 1 is 0.510 bits per heavy atom. The first-order valence-electron chi connectivity index (χ1n) is 15.6. The molecule has 7 aromatic rings. The summed E-state index contributed by atoms with van der Waals surface area (Å²) in [6, 6.07) is 45.1. The Hall–Kier alpha value is -5.77. The van der Waals surface area contributed by atoms with Crippen LogP contribution >= 0.6 is 0 Å². The summed E-state index contributed by atoms with van der Waals surface area (Å²) in [5.74, 6) is -2.65. The maximum Gasteiger partial charge on any atom is 2.00 e. The van der Waals surface area contributed by atoms with Gasteiger partial charge in [-0.15, -0.1) is 0 Å². The average Bonchev–Trinajstić information content (AvgIpc) is 3.83. The van der Waals surface area contributed by atoms with E-state index in [0.29, 0.717) is 0 Å². The number of carboxylic acid groups (broad SMARTS) is 1. The molecule has 11 heteroatoms. The number of nitrogens with zero attached hydrogens (tertiary/aromatic N) is 6. The Labute approximate surface area is 295 Å². The van der Waals surface area contributed by atoms with E-state index in [1.165, 1.54) is 12.1 Å². The van der Waals surface area contributed by atoms with Crippen molar-refractivity contribution in [3.8, 4) is 33.8 Å². The molecule has 0 amide bonds. The van der Waals surface area contributed by atoms with E-state index in [0.717, 1.165) is 50.9 Å². The maximum atomic E-state index is 10.7. The quantitative estimate of drug-likeness (QED) is 0.119. The minimum absolute atomic E-state index is 0. The maximum absolute atomic E-state index is 10.7. The minimum Gasteiger partial charge on any atom is -0.541 e. The van der Waals surface area contributed by atoms with Crippen molar-refractivity contribution in [1.29, 1.82) is 0 Å². The third kappa shape index (κ3) is 7.70. The first kappa shape index (κ1) is 34.6. The number of carboxylic acids is 1. The molecule has 3 aromatic heterocycles. The van der Waals surface area contributed by atoms with Crippen LogP contribution in [-0.4, -0.2) is 47.9 Å². The minimum atomic E-state index is -1.67. The molecule has 4 aromatic carbocycles. The van der Waals surface area contributed by atoms with Gasteiger partial charge in [0.1, 0.15) is 5.97 Å². The summed E-state index contributed by atoms with van der Waals surface area (Å²) in [5, 5.41) is 25.4. The van der Waals surface area contributed by atoms with Crippen molar-refractivity contribution in [1.82, 2.24) is 29.1 Å². The molecule has 7 rings (SSSR count). The van der Waals surface area contributed by atoms with Gasteiger partial charge in [0.2, 0.25) is 5.78 Å². The van der Waals surface area contributed by atoms with E-state index in [-0.39, 0.29) is 22.6 Å². The molecule has 0 bridgehead atoms. The molecule has 9 nitrogen and oxygen atoms in total. The fraction of sp³-hybridized carbons (Fsp3) is 0.0789. The number of hydrogen-bond donors (Lipinski definition) is 0. The van der Waals surface area contributed by atoms with Gasteiger partial charge in [0.15, 0.2) is 0 Å². The van der Waals surface area contributed by atoms with Crippen LogP contribution in [0.5, 0.6) is 0 Å². The van der Waals surface area contributed by atoms with Gasteiger partial charge in [-0.25, -0.2) is 15.3 Å². The average molecular weight is 688 g/mol. The van der Waals surface area contributed by atoms with Crippen molar-refractivity contribution in [2.24, 2.45) is 0 Å². The Morgan fingerprint density at radius 2 is 0.796 bits per heavy atom. The molecule has 0 fully saturated rings. The zero-order chi connectivity index (χ0) is 33.6. The van der Waals surface area contributed by atoms with E-state index in [4.69, 9.17) is 15.3 Å². The molecular formula is C38H33BFeN6O3. The Balaban J connectivity index is 0.000000335. The first-order chi connectivity index (χ1) is 23.3. The van der Waals surface area contributed by atoms with E-state index in [9.17, 15) is 14.7 Å². The Morgan fingerprint density at radius 3 is 1.08 bits per heavy atom. The molecule has 0 aliphatic carbocycles. The van der Waals surface area contributed by atoms with Crippen LogP contribution < -0.4 is 5.11 Å². The van der Waals surface area contributed by atoms with Crippen molar-refractivity contribution < 1.29 is 31.8 Å². The van der Waals surface area contributed by atoms with Crippen molar-refractivity contribution >= 4 is 18.9 Å². The summed E-state index contributed by atoms with van der Waals surface area (Å²) >= 11 is 0. The number of carbonyl (C=O) groups excluding carboxylic acids is 2. The van der Waals surface area contributed by atoms with Crippen LogP contribution in [0.2, 0.25) is 0 Å². The van der Waals surface area contributed by atoms with Crippen LogP contribution in [0.1, 0.15) is 27.4 Å². The molecule has 0 aliphatic rings. The zero-order valence-corrected chi connectivity index (χ0v) is 28.4. The van der Waals surface area contributed by atoms with E-state index in [1.54, 1.807) is 18.2 Å². The van der Waals surface area contributed by atoms with Crippen molar-refractivity contribution in [3.63, 3.8) is 0 Å². The Kier molecular flexibility index (Phi) is 10.9. The molecule has 3 heterocycles. The van der Waals surface area contributed by atoms with E-state index >= 15 is 0 Å². The number of aromatic nitrogens is 6. The predicted molar refractivity (Wildman–Crippen MR) is 186 cm³/mol. The smallest absolute Gasteiger partial charge is 0.541 e. The second-order valence-electron chi connectivity index (χ2n) is 11.5. The predicted octanol–water partition coefficient (Wildman–Crippen LogP) is 5.48. The second-order valence-corrected chi connectivity index (χ2v) is 11.5. The van der Waals surface area contributed by atoms with Gasteiger partial charge in [-0.3, -0.25) is 4.79 Å². The molecule has 244 valence electrons. The number of carbonyl (C=O) groups is 2. The van der Waals surface area contributed by atoms with Gasteiger partial charge in [-0.05, 0) is 56.1 Å². The molecule has 0 unspecified atom stereocenters. The van der Waals surface area contributed by atoms with Crippen molar-refractivity contribution in [2.45, 2.75) is 20.8 Å². The molecule has 0 aliphatic heterocycles. The standard InChI is InChI=1S/C30H28BN6.C8H6O3.Fe/c1-22-19-28(25-13-7-4-8-14-25)32-35(22)31(36-23(2)20-29(33-36)26-15-9-5-10-16-26)37-24(3)21-30(34-37)27-17-11-6-12-18-27;9-7(8(10)11)6-4-2-1-3-5-6;/h4-21,31H,1-3H3;1-5H,(H,10,11);/q-1;;+2/p-1. The molecule has 0 atom stereocenters. The monoisotopic (exact) mass is 688 g/mol. The van der Waals surface area contributed by atoms with Crippen LogP contribution in [0, 0.1) is 20.8 Å². The normalized spacial score (nSPS) is 10.6. The third-order valence-electron chi connectivity index (χ3n) is 8.18. The van der Waals surface area contributed by atoms with Gasteiger partial charge in [0, 0.05) is 22.3 Å². The summed E-state index contributed by atoms with van der Waals surface area (Å²) in [7, 11) is -1.55. The fourth-order valence-corrected chi connectivity index (χ4v) is 5.73. The van der Waals surface area contributed by atoms with Gasteiger partial charge in [-0.1, -0.05) is 121 Å². The van der Waals surface area contributed by atoms with Crippen LogP contribution in [-0.2, 0) is 21.9 Å². The molecule has 0 radical (unpaired) electrons. The van der Waals surface area contributed by atoms with Gasteiger partial charge in [-0.2, -0.15) is 0 Å². The third-order valence-corrected chi connectivity index (χ3v) is 8.18. The molecule has 0 saturated heterocycles. The summed E-state index contributed by atoms with van der Waals surface area (Å²) in [6.45, 7) is 6.31. The Bertz CT molecular complexity index is 1970. The van der Waals surface area contributed by atoms with Crippen LogP contribution in [0.25, 0.3) is 33.8 Å². The summed E-state index contributed by atoms with van der Waals surface area (Å²) < 4.78 is 6.31. The second kappa shape index (κ2) is 15.4. The molecule has 49 heavy (non-hydrogen) atoms. The number of hydrogen-bond acceptors (Lipinski definition) is 6. The number of ketones is 1. The van der Waals surface area contributed by atoms with E-state index in [2.05, 4.69) is 89.1 Å². The fourth-order valence-electron chi connectivity index (χ4n) is 5.73. The van der Waals surface area contributed by atoms with Crippen LogP contribution in [0.4, 0.5) is 0 Å². The molecule has 0 saturated carbocycles. The van der Waals surface area contributed by atoms with Crippen molar-refractivity contribution in [3.05, 3.63) is 162 Å². The number of aliphatic carboxylic acids is 1. The van der Waals surface area contributed by atoms with Gasteiger partial charge >= 0.3 is 24.2 Å². The molecular weight excluding hydrogens is 655 g/mol. The van der Waals surface area contributed by atoms with Gasteiger partial charge in [0.25, 0.3) is 0 Å². The summed E-state index contributed by atoms with van der Waals surface area (Å²) in [6.07, 6.45) is 0. The zero-order valence-electron chi connectivity index (χ0n) is 27.2. The van der Waals surface area contributed by atoms with Crippen LogP contribution in [0.3, 0.4) is 0 Å². The number of benzene rings is 4. The SMILES string of the molecule is Cc1cc(-c2ccccc2)nn1[BH-](n1nc(-c2ccccc2)cc1C)n1nc(-c2ccccc2)cc1C.O=C([O-])C(=O)c1ccccc1.[Fe+2]. The largest absolute Gasteiger partial charge is 2.00 e. The summed E-state index contributed by atoms with van der Waals surface area (Å²) in [4.78, 5) is 20.7. The van der Waals surface area contributed by atoms with Gasteiger partial charge < -0.3 is 23.7 Å². The summed E-state index contributed by atoms with van der Waals surface area (Å²) in [5.41, 5.74) is 9.42. The number of aryl methyl sites for hydroxylation is 3. The number of rotatable bonds is 8. The molecule has 0 N–H and O–H groups in total. The topological polar surface area (TPSA) is 111 Å². The molecule has 0 spiro atoms.